The maximum Gasteiger partial charge on any atom is 0.0146 e. The molecule has 0 heterocycles. The third-order valence-corrected chi connectivity index (χ3v) is 7.37. The highest BCUT2D eigenvalue weighted by Crippen LogP contribution is 2.31. The molecule has 0 bridgehead atoms. The second kappa shape index (κ2) is 14.5. The molecule has 0 saturated carbocycles. The summed E-state index contributed by atoms with van der Waals surface area (Å²) in [6, 6.07) is 43.6. The van der Waals surface area contributed by atoms with Gasteiger partial charge in [-0.2, -0.15) is 0 Å². The van der Waals surface area contributed by atoms with E-state index < -0.39 is 0 Å². The summed E-state index contributed by atoms with van der Waals surface area (Å²) in [5.74, 6) is 0. The van der Waals surface area contributed by atoms with E-state index in [1.807, 2.05) is 0 Å². The van der Waals surface area contributed by atoms with Gasteiger partial charge >= 0.3 is 0 Å². The molecule has 0 aliphatic rings. The molecule has 206 valence electrons. The van der Waals surface area contributed by atoms with Gasteiger partial charge in [-0.3, -0.25) is 0 Å². The largest absolute Gasteiger partial charge is 0.0617 e. The summed E-state index contributed by atoms with van der Waals surface area (Å²) in [7, 11) is 0. The van der Waals surface area contributed by atoms with Crippen molar-refractivity contribution in [3.63, 3.8) is 0 Å². The molecule has 40 heavy (non-hydrogen) atoms. The lowest BCUT2D eigenvalue weighted by Crippen LogP contribution is -2.18. The first-order valence-electron chi connectivity index (χ1n) is 14.3. The Balaban J connectivity index is 0.000000176. The molecule has 0 spiro atoms. The molecule has 0 aliphatic carbocycles. The van der Waals surface area contributed by atoms with Crippen LogP contribution in [-0.2, 0) is 11.8 Å². The van der Waals surface area contributed by atoms with Crippen LogP contribution < -0.4 is 0 Å². The van der Waals surface area contributed by atoms with Gasteiger partial charge in [-0.25, -0.2) is 0 Å². The van der Waals surface area contributed by atoms with E-state index in [1.54, 1.807) is 0 Å². The van der Waals surface area contributed by atoms with Gasteiger partial charge in [0.05, 0.1) is 0 Å². The minimum Gasteiger partial charge on any atom is -0.0617 e. The molecule has 0 fully saturated rings. The summed E-state index contributed by atoms with van der Waals surface area (Å²) in [6.07, 6.45) is 1.03. The van der Waals surface area contributed by atoms with E-state index in [0.29, 0.717) is 0 Å². The Hall–Kier alpha value is -3.90. The van der Waals surface area contributed by atoms with Gasteiger partial charge in [0.2, 0.25) is 0 Å². The van der Waals surface area contributed by atoms with Gasteiger partial charge < -0.3 is 0 Å². The van der Waals surface area contributed by atoms with E-state index in [4.69, 9.17) is 0 Å². The Morgan fingerprint density at radius 1 is 0.375 bits per heavy atom. The lowest BCUT2D eigenvalue weighted by Gasteiger charge is -2.26. The predicted molar refractivity (Wildman–Crippen MR) is 176 cm³/mol. The lowest BCUT2D eigenvalue weighted by atomic mass is 9.78. The van der Waals surface area contributed by atoms with Crippen LogP contribution >= 0.6 is 0 Å². The summed E-state index contributed by atoms with van der Waals surface area (Å²) < 4.78 is 0. The fraction of sp³-hybridized carbons (Fsp3) is 0.250. The molecule has 5 aromatic carbocycles. The van der Waals surface area contributed by atoms with Gasteiger partial charge in [-0.05, 0) is 70.2 Å². The molecule has 0 N–H and O–H groups in total. The molecule has 0 saturated heterocycles. The van der Waals surface area contributed by atoms with Crippen molar-refractivity contribution in [2.75, 3.05) is 0 Å². The van der Waals surface area contributed by atoms with Crippen LogP contribution in [0.4, 0.5) is 0 Å². The van der Waals surface area contributed by atoms with Crippen molar-refractivity contribution in [2.24, 2.45) is 0 Å². The molecule has 0 nitrogen and oxygen atoms in total. The van der Waals surface area contributed by atoms with E-state index >= 15 is 0 Å². The van der Waals surface area contributed by atoms with Gasteiger partial charge in [0, 0.05) is 5.41 Å². The van der Waals surface area contributed by atoms with Gasteiger partial charge in [0.25, 0.3) is 0 Å². The zero-order valence-electron chi connectivity index (χ0n) is 25.8. The summed E-state index contributed by atoms with van der Waals surface area (Å²) in [4.78, 5) is 0. The first-order chi connectivity index (χ1) is 19.0. The average molecular weight is 527 g/mol. The van der Waals surface area contributed by atoms with Gasteiger partial charge in [0.15, 0.2) is 0 Å². The van der Waals surface area contributed by atoms with Crippen LogP contribution in [-0.4, -0.2) is 0 Å². The maximum atomic E-state index is 2.28. The SMILES string of the molecule is Cc1ccc(C(C)(C)c2ccc(C)cc2)cc1.Cc1ccc(Cc2ccc(C)cc2)cc1.Cc1cccc(C)c1. The highest BCUT2D eigenvalue weighted by atomic mass is 14.3. The number of aryl methyl sites for hydroxylation is 6. The zero-order chi connectivity index (χ0) is 29.1. The third kappa shape index (κ3) is 9.69. The van der Waals surface area contributed by atoms with Crippen LogP contribution in [0.25, 0.3) is 0 Å². The Morgan fingerprint density at radius 2 is 0.675 bits per heavy atom. The topological polar surface area (TPSA) is 0 Å². The number of hydrogen-bond acceptors (Lipinski definition) is 0. The van der Waals surface area contributed by atoms with Crippen LogP contribution in [0.1, 0.15) is 69.5 Å². The normalized spacial score (nSPS) is 10.6. The minimum absolute atomic E-state index is 0.0708. The number of hydrogen-bond donors (Lipinski definition) is 0. The Kier molecular flexibility index (Phi) is 11.1. The molecule has 0 radical (unpaired) electrons. The highest BCUT2D eigenvalue weighted by molar-refractivity contribution is 5.39. The Labute approximate surface area is 243 Å². The first-order valence-corrected chi connectivity index (χ1v) is 14.3. The zero-order valence-corrected chi connectivity index (χ0v) is 25.8. The smallest absolute Gasteiger partial charge is 0.0146 e. The van der Waals surface area contributed by atoms with Crippen molar-refractivity contribution < 1.29 is 0 Å². The predicted octanol–water partition coefficient (Wildman–Crippen LogP) is 10.8. The average Bonchev–Trinajstić information content (AvgIpc) is 2.92. The number of benzene rings is 5. The van der Waals surface area contributed by atoms with E-state index in [-0.39, 0.29) is 5.41 Å². The van der Waals surface area contributed by atoms with Crippen LogP contribution in [0.5, 0.6) is 0 Å². The Morgan fingerprint density at radius 3 is 0.950 bits per heavy atom. The molecular weight excluding hydrogens is 480 g/mol. The minimum atomic E-state index is 0.0708. The summed E-state index contributed by atoms with van der Waals surface area (Å²) >= 11 is 0. The van der Waals surface area contributed by atoms with Gasteiger partial charge in [0.1, 0.15) is 0 Å². The van der Waals surface area contributed by atoms with Crippen molar-refractivity contribution in [3.8, 4) is 0 Å². The van der Waals surface area contributed by atoms with Crippen molar-refractivity contribution >= 4 is 0 Å². The molecule has 5 aromatic rings. The molecule has 0 atom stereocenters. The van der Waals surface area contributed by atoms with E-state index in [0.717, 1.165) is 6.42 Å². The van der Waals surface area contributed by atoms with E-state index in [1.165, 1.54) is 55.6 Å². The maximum absolute atomic E-state index is 2.28. The van der Waals surface area contributed by atoms with Gasteiger partial charge in [-0.1, -0.05) is 169 Å². The summed E-state index contributed by atoms with van der Waals surface area (Å²) in [5, 5.41) is 0. The molecular formula is C40H46. The van der Waals surface area contributed by atoms with Crippen LogP contribution in [0.15, 0.2) is 121 Å². The quantitative estimate of drug-likeness (QED) is 0.218. The Bertz CT molecular complexity index is 1330. The fourth-order valence-corrected chi connectivity index (χ4v) is 4.56. The summed E-state index contributed by atoms with van der Waals surface area (Å²) in [5.41, 5.74) is 13.5. The van der Waals surface area contributed by atoms with Crippen molar-refractivity contribution in [1.82, 2.24) is 0 Å². The van der Waals surface area contributed by atoms with Crippen molar-refractivity contribution in [2.45, 2.75) is 67.2 Å². The second-order valence-corrected chi connectivity index (χ2v) is 11.7. The molecule has 0 aliphatic heterocycles. The third-order valence-electron chi connectivity index (χ3n) is 7.37. The van der Waals surface area contributed by atoms with Crippen LogP contribution in [0.3, 0.4) is 0 Å². The fourth-order valence-electron chi connectivity index (χ4n) is 4.56. The number of rotatable bonds is 4. The van der Waals surface area contributed by atoms with Crippen LogP contribution in [0.2, 0.25) is 0 Å². The molecule has 0 amide bonds. The molecule has 0 unspecified atom stereocenters. The standard InChI is InChI=1S/C17H20.C15H16.C8H10/c1-13-5-9-15(10-6-13)17(3,4)16-11-7-14(2)8-12-16;1-12-3-7-14(8-4-12)11-15-9-5-13(2)6-10-15;1-7-4-3-5-8(2)6-7/h5-12H,1-4H3;3-10H,11H2,1-2H3;3-6H,1-2H3. The first kappa shape index (κ1) is 30.6. The van der Waals surface area contributed by atoms with E-state index in [2.05, 4.69) is 177 Å². The second-order valence-electron chi connectivity index (χ2n) is 11.7. The molecule has 0 heteroatoms. The van der Waals surface area contributed by atoms with E-state index in [9.17, 15) is 0 Å². The lowest BCUT2D eigenvalue weighted by molar-refractivity contribution is 0.640. The van der Waals surface area contributed by atoms with Crippen molar-refractivity contribution in [1.29, 1.82) is 0 Å². The van der Waals surface area contributed by atoms with Crippen LogP contribution in [0, 0.1) is 41.5 Å². The highest BCUT2D eigenvalue weighted by Gasteiger charge is 2.22. The monoisotopic (exact) mass is 526 g/mol. The molecule has 0 aromatic heterocycles. The van der Waals surface area contributed by atoms with Gasteiger partial charge in [-0.15, -0.1) is 0 Å². The summed E-state index contributed by atoms with van der Waals surface area (Å²) in [6.45, 7) is 17.3. The molecule has 5 rings (SSSR count). The van der Waals surface area contributed by atoms with Crippen molar-refractivity contribution in [3.05, 3.63) is 177 Å².